The molecule has 0 amide bonds. The van der Waals surface area contributed by atoms with Crippen molar-refractivity contribution < 1.29 is 0 Å². The first-order valence-corrected chi connectivity index (χ1v) is 23.7. The molecule has 4 heteroatoms. The molecule has 3 aromatic heterocycles. The number of para-hydroxylation sites is 3. The van der Waals surface area contributed by atoms with Gasteiger partial charge in [-0.15, -0.1) is 0 Å². The van der Waals surface area contributed by atoms with E-state index in [1.54, 1.807) is 0 Å². The van der Waals surface area contributed by atoms with Gasteiger partial charge >= 0.3 is 0 Å². The van der Waals surface area contributed by atoms with Gasteiger partial charge in [-0.3, -0.25) is 4.57 Å². The van der Waals surface area contributed by atoms with Crippen molar-refractivity contribution in [3.63, 3.8) is 0 Å². The summed E-state index contributed by atoms with van der Waals surface area (Å²) >= 11 is 0. The molecule has 9 aromatic carbocycles. The van der Waals surface area contributed by atoms with Crippen LogP contribution in [0.3, 0.4) is 0 Å². The van der Waals surface area contributed by atoms with Crippen molar-refractivity contribution in [2.45, 2.75) is 38.5 Å². The van der Waals surface area contributed by atoms with Gasteiger partial charge in [0.25, 0.3) is 0 Å². The first-order chi connectivity index (χ1) is 33.2. The normalized spacial score (nSPS) is 14.1. The van der Waals surface area contributed by atoms with Crippen LogP contribution in [-0.4, -0.2) is 19.1 Å². The Morgan fingerprint density at radius 1 is 0.309 bits per heavy atom. The van der Waals surface area contributed by atoms with Crippen molar-refractivity contribution in [2.75, 3.05) is 0 Å². The standard InChI is InChI=1S/C64H46N4/c1-63(2)52-22-12-8-18-44(52)46-30-28-41(34-54(46)63)56-38-57(42-29-31-47-45-19-9-13-23-53(45)64(3,4)55(47)35-42)66-62(65-56)68-59-25-15-11-21-49(59)51-33-27-40(37-61(51)68)39-26-32-50-48-20-10-14-24-58(48)67(60(50)36-39)43-16-6-5-7-17-43/h5-38H,1-4H3. The van der Waals surface area contributed by atoms with Crippen LogP contribution in [0.2, 0.25) is 0 Å². The minimum atomic E-state index is -0.150. The number of hydrogen-bond donors (Lipinski definition) is 0. The van der Waals surface area contributed by atoms with Gasteiger partial charge in [0.15, 0.2) is 0 Å². The molecule has 2 aliphatic rings. The van der Waals surface area contributed by atoms with Crippen LogP contribution in [0.4, 0.5) is 0 Å². The highest BCUT2D eigenvalue weighted by Gasteiger charge is 2.37. The zero-order valence-electron chi connectivity index (χ0n) is 38.4. The number of hydrogen-bond acceptors (Lipinski definition) is 2. The molecule has 3 heterocycles. The van der Waals surface area contributed by atoms with Gasteiger partial charge in [0.2, 0.25) is 5.95 Å². The Morgan fingerprint density at radius 3 is 1.26 bits per heavy atom. The van der Waals surface area contributed by atoms with E-state index >= 15 is 0 Å². The van der Waals surface area contributed by atoms with E-state index in [1.807, 2.05) is 0 Å². The molecule has 0 radical (unpaired) electrons. The second-order valence-electron chi connectivity index (χ2n) is 19.8. The summed E-state index contributed by atoms with van der Waals surface area (Å²) in [4.78, 5) is 11.2. The van der Waals surface area contributed by atoms with E-state index in [2.05, 4.69) is 243 Å². The third-order valence-electron chi connectivity index (χ3n) is 15.4. The maximum atomic E-state index is 5.59. The highest BCUT2D eigenvalue weighted by Crippen LogP contribution is 2.51. The third-order valence-corrected chi connectivity index (χ3v) is 15.4. The van der Waals surface area contributed by atoms with E-state index < -0.39 is 0 Å². The fourth-order valence-corrected chi connectivity index (χ4v) is 11.9. The van der Waals surface area contributed by atoms with Crippen LogP contribution in [0, 0.1) is 0 Å². The highest BCUT2D eigenvalue weighted by atomic mass is 15.2. The summed E-state index contributed by atoms with van der Waals surface area (Å²) in [5.74, 6) is 0.645. The van der Waals surface area contributed by atoms with E-state index in [0.717, 1.165) is 55.7 Å². The molecule has 0 saturated heterocycles. The van der Waals surface area contributed by atoms with Gasteiger partial charge in [-0.25, -0.2) is 9.97 Å². The molecular weight excluding hydrogens is 825 g/mol. The molecule has 0 atom stereocenters. The molecule has 68 heavy (non-hydrogen) atoms. The van der Waals surface area contributed by atoms with Gasteiger partial charge < -0.3 is 4.57 Å². The SMILES string of the molecule is CC1(C)c2ccccc2-c2ccc(-c3cc(-c4ccc5c(c4)C(C)(C)c4ccccc4-5)nc(-n4c5ccccc5c5ccc(-c6ccc7c8ccccc8n(-c8ccccc8)c7c6)cc54)n3)cc21. The van der Waals surface area contributed by atoms with Crippen LogP contribution < -0.4 is 0 Å². The summed E-state index contributed by atoms with van der Waals surface area (Å²) < 4.78 is 4.68. The first kappa shape index (κ1) is 38.9. The molecule has 12 aromatic rings. The summed E-state index contributed by atoms with van der Waals surface area (Å²) in [6.07, 6.45) is 0. The molecule has 0 saturated carbocycles. The van der Waals surface area contributed by atoms with Crippen LogP contribution >= 0.6 is 0 Å². The molecule has 0 aliphatic heterocycles. The molecule has 2 aliphatic carbocycles. The molecule has 0 bridgehead atoms. The second-order valence-corrected chi connectivity index (χ2v) is 19.8. The van der Waals surface area contributed by atoms with E-state index in [-0.39, 0.29) is 10.8 Å². The molecule has 14 rings (SSSR count). The number of benzene rings is 9. The average molecular weight is 871 g/mol. The van der Waals surface area contributed by atoms with Gasteiger partial charge in [-0.1, -0.05) is 179 Å². The lowest BCUT2D eigenvalue weighted by Gasteiger charge is -2.22. The Hall–Kier alpha value is -8.34. The van der Waals surface area contributed by atoms with E-state index in [9.17, 15) is 0 Å². The fourth-order valence-electron chi connectivity index (χ4n) is 11.9. The maximum Gasteiger partial charge on any atom is 0.235 e. The zero-order valence-corrected chi connectivity index (χ0v) is 38.4. The van der Waals surface area contributed by atoms with E-state index in [1.165, 1.54) is 71.7 Å². The fraction of sp³-hybridized carbons (Fsp3) is 0.0938. The van der Waals surface area contributed by atoms with E-state index in [4.69, 9.17) is 9.97 Å². The van der Waals surface area contributed by atoms with Gasteiger partial charge in [0.1, 0.15) is 0 Å². The number of nitrogens with zero attached hydrogens (tertiary/aromatic N) is 4. The minimum Gasteiger partial charge on any atom is -0.309 e. The topological polar surface area (TPSA) is 35.6 Å². The molecule has 0 fully saturated rings. The van der Waals surface area contributed by atoms with Crippen LogP contribution in [0.5, 0.6) is 0 Å². The number of fused-ring (bicyclic) bond motifs is 12. The average Bonchev–Trinajstić information content (AvgIpc) is 4.04. The van der Waals surface area contributed by atoms with Crippen LogP contribution in [0.15, 0.2) is 206 Å². The summed E-state index contributed by atoms with van der Waals surface area (Å²) in [5.41, 5.74) is 22.1. The lowest BCUT2D eigenvalue weighted by atomic mass is 9.81. The second kappa shape index (κ2) is 14.1. The molecule has 0 spiro atoms. The first-order valence-electron chi connectivity index (χ1n) is 23.7. The predicted molar refractivity (Wildman–Crippen MR) is 282 cm³/mol. The highest BCUT2D eigenvalue weighted by molar-refractivity contribution is 6.12. The number of rotatable bonds is 5. The molecular formula is C64H46N4. The molecule has 0 unspecified atom stereocenters. The largest absolute Gasteiger partial charge is 0.309 e. The Bertz CT molecular complexity index is 3960. The van der Waals surface area contributed by atoms with Crippen molar-refractivity contribution in [1.29, 1.82) is 0 Å². The minimum absolute atomic E-state index is 0.150. The lowest BCUT2D eigenvalue weighted by Crippen LogP contribution is -2.15. The Balaban J connectivity index is 0.990. The zero-order chi connectivity index (χ0) is 45.5. The predicted octanol–water partition coefficient (Wildman–Crippen LogP) is 16.3. The lowest BCUT2D eigenvalue weighted by molar-refractivity contribution is 0.660. The monoisotopic (exact) mass is 870 g/mol. The van der Waals surface area contributed by atoms with Gasteiger partial charge in [0, 0.05) is 49.2 Å². The molecule has 0 N–H and O–H groups in total. The quantitative estimate of drug-likeness (QED) is 0.173. The van der Waals surface area contributed by atoms with Crippen LogP contribution in [-0.2, 0) is 10.8 Å². The summed E-state index contributed by atoms with van der Waals surface area (Å²) in [6.45, 7) is 9.38. The van der Waals surface area contributed by atoms with E-state index in [0.29, 0.717) is 5.95 Å². The Kier molecular flexibility index (Phi) is 8.06. The summed E-state index contributed by atoms with van der Waals surface area (Å²) in [6, 6.07) is 75.7. The summed E-state index contributed by atoms with van der Waals surface area (Å²) in [7, 11) is 0. The Morgan fingerprint density at radius 2 is 0.721 bits per heavy atom. The van der Waals surface area contributed by atoms with Crippen LogP contribution in [0.25, 0.3) is 111 Å². The smallest absolute Gasteiger partial charge is 0.235 e. The van der Waals surface area contributed by atoms with Crippen molar-refractivity contribution >= 4 is 43.6 Å². The van der Waals surface area contributed by atoms with Crippen molar-refractivity contribution in [3.8, 4) is 67.5 Å². The number of aromatic nitrogens is 4. The maximum absolute atomic E-state index is 5.59. The molecule has 322 valence electrons. The van der Waals surface area contributed by atoms with Crippen LogP contribution in [0.1, 0.15) is 49.9 Å². The Labute approximate surface area is 395 Å². The van der Waals surface area contributed by atoms with Gasteiger partial charge in [-0.2, -0.15) is 0 Å². The van der Waals surface area contributed by atoms with Gasteiger partial charge in [0.05, 0.1) is 33.5 Å². The van der Waals surface area contributed by atoms with Crippen molar-refractivity contribution in [1.82, 2.24) is 19.1 Å². The van der Waals surface area contributed by atoms with Crippen molar-refractivity contribution in [3.05, 3.63) is 229 Å². The third kappa shape index (κ3) is 5.49. The van der Waals surface area contributed by atoms with Gasteiger partial charge in [-0.05, 0) is 110 Å². The molecule has 4 nitrogen and oxygen atoms in total. The van der Waals surface area contributed by atoms with Crippen molar-refractivity contribution in [2.24, 2.45) is 0 Å². The summed E-state index contributed by atoms with van der Waals surface area (Å²) in [5, 5.41) is 4.81.